The van der Waals surface area contributed by atoms with Crippen molar-refractivity contribution in [1.29, 1.82) is 0 Å². The van der Waals surface area contributed by atoms with Crippen LogP contribution in [0.3, 0.4) is 0 Å². The van der Waals surface area contributed by atoms with Crippen molar-refractivity contribution in [3.8, 4) is 5.75 Å². The van der Waals surface area contributed by atoms with Gasteiger partial charge < -0.3 is 15.4 Å². The van der Waals surface area contributed by atoms with Crippen molar-refractivity contribution in [3.63, 3.8) is 0 Å². The number of hydrogen-bond acceptors (Lipinski definition) is 5. The van der Waals surface area contributed by atoms with Crippen molar-refractivity contribution >= 4 is 29.0 Å². The largest absolute Gasteiger partial charge is 0.484 e. The van der Waals surface area contributed by atoms with E-state index in [2.05, 4.69) is 4.98 Å². The molecule has 0 unspecified atom stereocenters. The molecule has 1 aromatic carbocycles. The quantitative estimate of drug-likeness (QED) is 0.679. The van der Waals surface area contributed by atoms with Crippen molar-refractivity contribution in [2.75, 3.05) is 23.8 Å². The number of nitrogens with zero attached hydrogens (tertiary/aromatic N) is 2. The third-order valence-corrected chi connectivity index (χ3v) is 4.31. The Hall–Kier alpha value is -2.74. The number of rotatable bonds is 8. The van der Waals surface area contributed by atoms with Crippen LogP contribution in [-0.2, 0) is 11.3 Å². The van der Waals surface area contributed by atoms with Crippen LogP contribution in [0.4, 0.5) is 11.5 Å². The standard InChI is InChI=1S/C20H27ClN4O4/c1-12(2)9-24(16(26)11-29-15-7-5-14(21)6-8-15)17-18(22)25(10-13(3)4)20(28)23-19(17)27/h5-8,12-13H,9-11,22H2,1-4H3,(H,23,27,28). The van der Waals surface area contributed by atoms with Gasteiger partial charge in [0.1, 0.15) is 11.6 Å². The number of carbonyl (C=O) groups is 1. The molecule has 0 saturated heterocycles. The molecular formula is C20H27ClN4O4. The molecule has 158 valence electrons. The minimum atomic E-state index is -0.701. The van der Waals surface area contributed by atoms with Crippen molar-refractivity contribution in [2.24, 2.45) is 11.8 Å². The molecule has 3 N–H and O–H groups in total. The van der Waals surface area contributed by atoms with Gasteiger partial charge in [0.05, 0.1) is 0 Å². The number of nitrogens with one attached hydrogen (secondary N) is 1. The van der Waals surface area contributed by atoms with Crippen molar-refractivity contribution < 1.29 is 9.53 Å². The van der Waals surface area contributed by atoms with Gasteiger partial charge in [0.2, 0.25) is 0 Å². The number of hydrogen-bond donors (Lipinski definition) is 2. The maximum absolute atomic E-state index is 12.9. The van der Waals surface area contributed by atoms with E-state index in [4.69, 9.17) is 22.1 Å². The molecule has 29 heavy (non-hydrogen) atoms. The molecule has 2 aromatic rings. The molecule has 0 atom stereocenters. The first-order valence-corrected chi connectivity index (χ1v) is 9.79. The van der Waals surface area contributed by atoms with Gasteiger partial charge in [-0.2, -0.15) is 0 Å². The van der Waals surface area contributed by atoms with E-state index in [9.17, 15) is 14.4 Å². The fraction of sp³-hybridized carbons (Fsp3) is 0.450. The third kappa shape index (κ3) is 5.87. The highest BCUT2D eigenvalue weighted by molar-refractivity contribution is 6.30. The van der Waals surface area contributed by atoms with E-state index in [0.29, 0.717) is 17.3 Å². The predicted octanol–water partition coefficient (Wildman–Crippen LogP) is 2.50. The van der Waals surface area contributed by atoms with Gasteiger partial charge in [-0.3, -0.25) is 19.1 Å². The smallest absolute Gasteiger partial charge is 0.330 e. The van der Waals surface area contributed by atoms with Crippen molar-refractivity contribution in [1.82, 2.24) is 9.55 Å². The molecule has 1 amide bonds. The molecule has 0 radical (unpaired) electrons. The summed E-state index contributed by atoms with van der Waals surface area (Å²) in [6.45, 7) is 7.94. The first-order chi connectivity index (χ1) is 13.6. The van der Waals surface area contributed by atoms with Crippen molar-refractivity contribution in [2.45, 2.75) is 34.2 Å². The SMILES string of the molecule is CC(C)CN(C(=O)COc1ccc(Cl)cc1)c1c(N)n(CC(C)C)c(=O)[nH]c1=O. The Morgan fingerprint density at radius 2 is 1.79 bits per heavy atom. The second-order valence-corrected chi connectivity index (χ2v) is 8.07. The van der Waals surface area contributed by atoms with Crippen LogP contribution in [-0.4, -0.2) is 28.6 Å². The van der Waals surface area contributed by atoms with Gasteiger partial charge in [-0.05, 0) is 36.1 Å². The Balaban J connectivity index is 2.38. The molecule has 0 aliphatic heterocycles. The Labute approximate surface area is 174 Å². The number of benzene rings is 1. The van der Waals surface area contributed by atoms with Crippen molar-refractivity contribution in [3.05, 3.63) is 50.1 Å². The van der Waals surface area contributed by atoms with Gasteiger partial charge in [0, 0.05) is 18.1 Å². The average molecular weight is 423 g/mol. The summed E-state index contributed by atoms with van der Waals surface area (Å²) < 4.78 is 6.81. The maximum Gasteiger partial charge on any atom is 0.330 e. The summed E-state index contributed by atoms with van der Waals surface area (Å²) in [7, 11) is 0. The first-order valence-electron chi connectivity index (χ1n) is 9.41. The average Bonchev–Trinajstić information content (AvgIpc) is 2.63. The molecule has 0 saturated carbocycles. The molecule has 8 nitrogen and oxygen atoms in total. The molecule has 0 spiro atoms. The second kappa shape index (κ2) is 9.65. The van der Waals surface area contributed by atoms with Gasteiger partial charge in [-0.25, -0.2) is 4.79 Å². The molecular weight excluding hydrogens is 396 g/mol. The van der Waals surface area contributed by atoms with Crippen LogP contribution in [0.1, 0.15) is 27.7 Å². The van der Waals surface area contributed by atoms with Gasteiger partial charge in [0.25, 0.3) is 11.5 Å². The molecule has 0 bridgehead atoms. The number of carbonyl (C=O) groups excluding carboxylic acids is 1. The highest BCUT2D eigenvalue weighted by atomic mass is 35.5. The number of amides is 1. The van der Waals surface area contributed by atoms with Gasteiger partial charge in [-0.15, -0.1) is 0 Å². The van der Waals surface area contributed by atoms with Gasteiger partial charge in [-0.1, -0.05) is 39.3 Å². The van der Waals surface area contributed by atoms with Crippen LogP contribution in [0.25, 0.3) is 0 Å². The van der Waals surface area contributed by atoms with E-state index in [0.717, 1.165) is 0 Å². The second-order valence-electron chi connectivity index (χ2n) is 7.64. The Morgan fingerprint density at radius 3 is 2.34 bits per heavy atom. The first kappa shape index (κ1) is 22.5. The highest BCUT2D eigenvalue weighted by Crippen LogP contribution is 2.20. The zero-order valence-electron chi connectivity index (χ0n) is 17.1. The lowest BCUT2D eigenvalue weighted by atomic mass is 10.2. The lowest BCUT2D eigenvalue weighted by molar-refractivity contribution is -0.120. The molecule has 2 rings (SSSR count). The van der Waals surface area contributed by atoms with E-state index in [1.807, 2.05) is 27.7 Å². The summed E-state index contributed by atoms with van der Waals surface area (Å²) in [4.78, 5) is 41.2. The number of anilines is 2. The number of nitrogen functional groups attached to an aromatic ring is 1. The van der Waals surface area contributed by atoms with E-state index in [-0.39, 0.29) is 36.5 Å². The maximum atomic E-state index is 12.9. The fourth-order valence-electron chi connectivity index (χ4n) is 2.82. The number of aromatic nitrogens is 2. The van der Waals surface area contributed by atoms with Crippen LogP contribution in [0.2, 0.25) is 5.02 Å². The zero-order chi connectivity index (χ0) is 21.7. The van der Waals surface area contributed by atoms with Gasteiger partial charge >= 0.3 is 5.69 Å². The lowest BCUT2D eigenvalue weighted by Crippen LogP contribution is -2.44. The number of halogens is 1. The minimum Gasteiger partial charge on any atom is -0.484 e. The number of aromatic amines is 1. The summed E-state index contributed by atoms with van der Waals surface area (Å²) in [6.07, 6.45) is 0. The van der Waals surface area contributed by atoms with Crippen LogP contribution < -0.4 is 26.6 Å². The summed E-state index contributed by atoms with van der Waals surface area (Å²) in [5.41, 5.74) is 4.83. The Bertz CT molecular complexity index is 964. The molecule has 0 fully saturated rings. The topological polar surface area (TPSA) is 110 Å². The van der Waals surface area contributed by atoms with Gasteiger partial charge in [0.15, 0.2) is 12.3 Å². The molecule has 0 aliphatic rings. The highest BCUT2D eigenvalue weighted by Gasteiger charge is 2.25. The fourth-order valence-corrected chi connectivity index (χ4v) is 2.95. The number of H-pyrrole nitrogens is 1. The molecule has 9 heteroatoms. The number of nitrogens with two attached hydrogens (primary N) is 1. The molecule has 0 aliphatic carbocycles. The van der Waals surface area contributed by atoms with E-state index in [1.54, 1.807) is 24.3 Å². The monoisotopic (exact) mass is 422 g/mol. The lowest BCUT2D eigenvalue weighted by Gasteiger charge is -2.26. The summed E-state index contributed by atoms with van der Waals surface area (Å²) in [6, 6.07) is 6.59. The normalized spacial score (nSPS) is 11.1. The van der Waals surface area contributed by atoms with E-state index in [1.165, 1.54) is 9.47 Å². The summed E-state index contributed by atoms with van der Waals surface area (Å²) >= 11 is 5.85. The molecule has 1 heterocycles. The zero-order valence-corrected chi connectivity index (χ0v) is 17.8. The molecule has 1 aromatic heterocycles. The van der Waals surface area contributed by atoms with E-state index >= 15 is 0 Å². The van der Waals surface area contributed by atoms with Crippen LogP contribution in [0, 0.1) is 11.8 Å². The van der Waals surface area contributed by atoms with Crippen LogP contribution in [0.5, 0.6) is 5.75 Å². The number of ether oxygens (including phenoxy) is 1. The van der Waals surface area contributed by atoms with Crippen LogP contribution in [0.15, 0.2) is 33.9 Å². The minimum absolute atomic E-state index is 0.0343. The Kier molecular flexibility index (Phi) is 7.50. The predicted molar refractivity (Wildman–Crippen MR) is 115 cm³/mol. The van der Waals surface area contributed by atoms with E-state index < -0.39 is 17.2 Å². The Morgan fingerprint density at radius 1 is 1.17 bits per heavy atom. The van der Waals surface area contributed by atoms with Crippen LogP contribution >= 0.6 is 11.6 Å². The summed E-state index contributed by atoms with van der Waals surface area (Å²) in [5.74, 6) is 0.169. The summed E-state index contributed by atoms with van der Waals surface area (Å²) in [5, 5.41) is 0.553. The third-order valence-electron chi connectivity index (χ3n) is 4.06.